The summed E-state index contributed by atoms with van der Waals surface area (Å²) >= 11 is 5.63. The van der Waals surface area contributed by atoms with Gasteiger partial charge in [0.25, 0.3) is 0 Å². The molecule has 0 aromatic carbocycles. The minimum absolute atomic E-state index is 0.830. The van der Waals surface area contributed by atoms with Gasteiger partial charge in [0.1, 0.15) is 11.3 Å². The van der Waals surface area contributed by atoms with Crippen molar-refractivity contribution >= 4 is 44.0 Å². The van der Waals surface area contributed by atoms with E-state index in [4.69, 9.17) is 4.74 Å². The van der Waals surface area contributed by atoms with E-state index in [1.54, 1.807) is 11.6 Å². The van der Waals surface area contributed by atoms with Crippen LogP contribution in [0.25, 0.3) is 5.52 Å². The summed E-state index contributed by atoms with van der Waals surface area (Å²) in [5.41, 5.74) is 1.01. The van der Waals surface area contributed by atoms with Gasteiger partial charge in [-0.2, -0.15) is 5.10 Å². The van der Waals surface area contributed by atoms with E-state index in [0.717, 1.165) is 19.3 Å². The zero-order valence-electron chi connectivity index (χ0n) is 6.79. The molecule has 2 rings (SSSR count). The average molecular weight is 353 g/mol. The Kier molecular flexibility index (Phi) is 2.46. The zero-order chi connectivity index (χ0) is 9.42. The molecule has 0 N–H and O–H groups in total. The highest BCUT2D eigenvalue weighted by Gasteiger charge is 2.08. The van der Waals surface area contributed by atoms with Gasteiger partial charge in [-0.3, -0.25) is 0 Å². The van der Waals surface area contributed by atoms with Crippen molar-refractivity contribution in [2.24, 2.45) is 0 Å². The molecule has 0 aliphatic carbocycles. The monoisotopic (exact) mass is 352 g/mol. The number of hydrogen-bond donors (Lipinski definition) is 0. The van der Waals surface area contributed by atoms with Crippen LogP contribution in [0.5, 0.6) is 5.75 Å². The maximum absolute atomic E-state index is 5.25. The molecule has 2 aromatic heterocycles. The number of ether oxygens (including phenoxy) is 1. The smallest absolute Gasteiger partial charge is 0.146 e. The molecule has 0 unspecified atom stereocenters. The lowest BCUT2D eigenvalue weighted by Crippen LogP contribution is -1.91. The molecule has 0 amide bonds. The number of methoxy groups -OCH3 is 1. The van der Waals surface area contributed by atoms with Gasteiger partial charge in [-0.05, 0) is 44.6 Å². The molecule has 5 heteroatoms. The van der Waals surface area contributed by atoms with Crippen molar-refractivity contribution in [2.45, 2.75) is 0 Å². The summed E-state index contributed by atoms with van der Waals surface area (Å²) in [6, 6.07) is 1.93. The van der Waals surface area contributed by atoms with Crippen LogP contribution in [-0.4, -0.2) is 16.7 Å². The number of fused-ring (bicyclic) bond motifs is 1. The second-order valence-electron chi connectivity index (χ2n) is 2.51. The number of nitrogens with zero attached hydrogens (tertiary/aromatic N) is 2. The summed E-state index contributed by atoms with van der Waals surface area (Å²) in [5, 5.41) is 4.19. The minimum Gasteiger partial charge on any atom is -0.494 e. The Bertz CT molecular complexity index is 455. The number of aromatic nitrogens is 2. The molecule has 0 aliphatic rings. The van der Waals surface area contributed by atoms with Gasteiger partial charge in [0, 0.05) is 10.7 Å². The number of rotatable bonds is 1. The van der Waals surface area contributed by atoms with Crippen molar-refractivity contribution in [1.29, 1.82) is 0 Å². The Morgan fingerprint density at radius 3 is 3.08 bits per heavy atom. The predicted molar refractivity (Wildman–Crippen MR) is 62.2 cm³/mol. The van der Waals surface area contributed by atoms with E-state index in [1.807, 2.05) is 18.5 Å². The van der Waals surface area contributed by atoms with Crippen molar-refractivity contribution in [3.63, 3.8) is 0 Å². The molecule has 2 heterocycles. The molecule has 0 aliphatic heterocycles. The fourth-order valence-corrected chi connectivity index (χ4v) is 2.21. The topological polar surface area (TPSA) is 26.5 Å². The molecule has 0 bridgehead atoms. The van der Waals surface area contributed by atoms with E-state index in [2.05, 4.69) is 43.6 Å². The van der Waals surface area contributed by atoms with Crippen LogP contribution < -0.4 is 4.74 Å². The Balaban J connectivity index is 2.85. The Morgan fingerprint density at radius 1 is 1.62 bits per heavy atom. The lowest BCUT2D eigenvalue weighted by atomic mass is 10.4. The van der Waals surface area contributed by atoms with E-state index in [9.17, 15) is 0 Å². The zero-order valence-corrected chi connectivity index (χ0v) is 10.5. The SMILES string of the molecule is COc1cc(Br)cn2ncc(I)c12. The summed E-state index contributed by atoms with van der Waals surface area (Å²) < 4.78 is 9.09. The minimum atomic E-state index is 0.830. The van der Waals surface area contributed by atoms with Gasteiger partial charge in [0.2, 0.25) is 0 Å². The first-order valence-corrected chi connectivity index (χ1v) is 5.46. The van der Waals surface area contributed by atoms with Crippen LogP contribution >= 0.6 is 38.5 Å². The first kappa shape index (κ1) is 9.26. The van der Waals surface area contributed by atoms with Crippen LogP contribution in [0.4, 0.5) is 0 Å². The normalized spacial score (nSPS) is 10.7. The van der Waals surface area contributed by atoms with E-state index >= 15 is 0 Å². The highest BCUT2D eigenvalue weighted by molar-refractivity contribution is 14.1. The standard InChI is InChI=1S/C8H6BrIN2O/c1-13-7-2-5(9)4-12-8(7)6(10)3-11-12/h2-4H,1H3. The number of pyridine rings is 1. The largest absolute Gasteiger partial charge is 0.494 e. The summed E-state index contributed by atoms with van der Waals surface area (Å²) in [6.45, 7) is 0. The van der Waals surface area contributed by atoms with Crippen LogP contribution in [0.3, 0.4) is 0 Å². The van der Waals surface area contributed by atoms with Crippen LogP contribution in [-0.2, 0) is 0 Å². The summed E-state index contributed by atoms with van der Waals surface area (Å²) in [7, 11) is 1.66. The second kappa shape index (κ2) is 3.45. The van der Waals surface area contributed by atoms with Crippen LogP contribution in [0.2, 0.25) is 0 Å². The lowest BCUT2D eigenvalue weighted by molar-refractivity contribution is 0.417. The maximum Gasteiger partial charge on any atom is 0.146 e. The third-order valence-corrected chi connectivity index (χ3v) is 2.94. The Hall–Kier alpha value is -0.300. The number of halogens is 2. The molecule has 0 atom stereocenters. The molecule has 0 saturated heterocycles. The fourth-order valence-electron chi connectivity index (χ4n) is 1.17. The highest BCUT2D eigenvalue weighted by atomic mass is 127. The first-order chi connectivity index (χ1) is 6.22. The Labute approximate surface area is 97.3 Å². The van der Waals surface area contributed by atoms with Crippen molar-refractivity contribution in [3.05, 3.63) is 26.5 Å². The van der Waals surface area contributed by atoms with E-state index < -0.39 is 0 Å². The Morgan fingerprint density at radius 2 is 2.38 bits per heavy atom. The van der Waals surface area contributed by atoms with Gasteiger partial charge in [0.15, 0.2) is 0 Å². The van der Waals surface area contributed by atoms with E-state index in [0.29, 0.717) is 0 Å². The molecule has 13 heavy (non-hydrogen) atoms. The van der Waals surface area contributed by atoms with Gasteiger partial charge in [0.05, 0.1) is 16.9 Å². The third-order valence-electron chi connectivity index (χ3n) is 1.72. The summed E-state index contributed by atoms with van der Waals surface area (Å²) in [4.78, 5) is 0. The second-order valence-corrected chi connectivity index (χ2v) is 4.59. The molecule has 0 radical (unpaired) electrons. The van der Waals surface area contributed by atoms with Crippen molar-refractivity contribution in [1.82, 2.24) is 9.61 Å². The van der Waals surface area contributed by atoms with Gasteiger partial charge in [-0.1, -0.05) is 0 Å². The first-order valence-electron chi connectivity index (χ1n) is 3.59. The van der Waals surface area contributed by atoms with Crippen LogP contribution in [0.15, 0.2) is 22.9 Å². The molecule has 0 fully saturated rings. The fraction of sp³-hybridized carbons (Fsp3) is 0.125. The molecular formula is C8H6BrIN2O. The highest BCUT2D eigenvalue weighted by Crippen LogP contribution is 2.27. The van der Waals surface area contributed by atoms with Gasteiger partial charge >= 0.3 is 0 Å². The molecule has 0 spiro atoms. The lowest BCUT2D eigenvalue weighted by Gasteiger charge is -2.03. The van der Waals surface area contributed by atoms with Crippen molar-refractivity contribution < 1.29 is 4.74 Å². The van der Waals surface area contributed by atoms with Gasteiger partial charge < -0.3 is 4.74 Å². The van der Waals surface area contributed by atoms with Gasteiger partial charge in [-0.25, -0.2) is 4.52 Å². The maximum atomic E-state index is 5.25. The molecule has 2 aromatic rings. The third kappa shape index (κ3) is 1.54. The van der Waals surface area contributed by atoms with Crippen molar-refractivity contribution in [2.75, 3.05) is 7.11 Å². The molecule has 3 nitrogen and oxygen atoms in total. The molecule has 68 valence electrons. The van der Waals surface area contributed by atoms with Crippen LogP contribution in [0, 0.1) is 3.57 Å². The average Bonchev–Trinajstić information content (AvgIpc) is 2.46. The van der Waals surface area contributed by atoms with Crippen molar-refractivity contribution in [3.8, 4) is 5.75 Å². The van der Waals surface area contributed by atoms with Gasteiger partial charge in [-0.15, -0.1) is 0 Å². The quantitative estimate of drug-likeness (QED) is 0.738. The van der Waals surface area contributed by atoms with Crippen LogP contribution in [0.1, 0.15) is 0 Å². The molecule has 0 saturated carbocycles. The predicted octanol–water partition coefficient (Wildman–Crippen LogP) is 2.71. The summed E-state index contributed by atoms with van der Waals surface area (Å²) in [6.07, 6.45) is 3.71. The number of hydrogen-bond acceptors (Lipinski definition) is 2. The van der Waals surface area contributed by atoms with E-state index in [-0.39, 0.29) is 0 Å². The van der Waals surface area contributed by atoms with E-state index in [1.165, 1.54) is 0 Å². The summed E-state index contributed by atoms with van der Waals surface area (Å²) in [5.74, 6) is 0.830. The molecular weight excluding hydrogens is 347 g/mol.